The molecular weight excluding hydrogens is 244 g/mol. The summed E-state index contributed by atoms with van der Waals surface area (Å²) in [6.07, 6.45) is 3.48. The Kier molecular flexibility index (Phi) is 3.74. The third kappa shape index (κ3) is 2.41. The van der Waals surface area contributed by atoms with Crippen molar-refractivity contribution in [3.8, 4) is 11.6 Å². The second-order valence-corrected chi connectivity index (χ2v) is 4.47. The summed E-state index contributed by atoms with van der Waals surface area (Å²) in [5, 5.41) is 4.28. The quantitative estimate of drug-likeness (QED) is 0.794. The smallest absolute Gasteiger partial charge is 0.309 e. The third-order valence-corrected chi connectivity index (χ3v) is 2.94. The molecule has 2 aromatic heterocycles. The zero-order valence-corrected chi connectivity index (χ0v) is 11.7. The third-order valence-electron chi connectivity index (χ3n) is 2.94. The van der Waals surface area contributed by atoms with Crippen molar-refractivity contribution in [2.75, 3.05) is 7.11 Å². The molecule has 0 N–H and O–H groups in total. The van der Waals surface area contributed by atoms with Crippen LogP contribution in [0.2, 0.25) is 0 Å². The summed E-state index contributed by atoms with van der Waals surface area (Å²) in [6, 6.07) is 1.92. The average Bonchev–Trinajstić information content (AvgIpc) is 2.74. The van der Waals surface area contributed by atoms with Gasteiger partial charge in [-0.3, -0.25) is 4.79 Å². The molecule has 0 aliphatic heterocycles. The molecule has 0 fully saturated rings. The molecule has 0 saturated heterocycles. The van der Waals surface area contributed by atoms with Crippen LogP contribution < -0.4 is 9.47 Å². The van der Waals surface area contributed by atoms with Gasteiger partial charge in [0.25, 0.3) is 0 Å². The summed E-state index contributed by atoms with van der Waals surface area (Å²) in [6.45, 7) is 5.41. The first-order chi connectivity index (χ1) is 9.08. The molecule has 0 radical (unpaired) electrons. The minimum atomic E-state index is -0.350. The number of rotatable bonds is 4. The number of hydrogen-bond acceptors (Lipinski definition) is 4. The van der Waals surface area contributed by atoms with Gasteiger partial charge in [-0.05, 0) is 25.0 Å². The van der Waals surface area contributed by atoms with Crippen LogP contribution in [0.1, 0.15) is 31.4 Å². The van der Waals surface area contributed by atoms with E-state index < -0.39 is 0 Å². The molecule has 0 aliphatic rings. The highest BCUT2D eigenvalue weighted by Crippen LogP contribution is 2.32. The highest BCUT2D eigenvalue weighted by molar-refractivity contribution is 5.72. The van der Waals surface area contributed by atoms with Crippen LogP contribution in [0.15, 0.2) is 12.3 Å². The molecule has 2 heterocycles. The largest absolute Gasteiger partial charge is 0.494 e. The molecule has 5 heteroatoms. The molecule has 0 saturated carbocycles. The molecule has 19 heavy (non-hydrogen) atoms. The van der Waals surface area contributed by atoms with Crippen LogP contribution >= 0.6 is 0 Å². The fourth-order valence-corrected chi connectivity index (χ4v) is 2.16. The van der Waals surface area contributed by atoms with Crippen molar-refractivity contribution in [3.63, 3.8) is 0 Å². The molecule has 0 unspecified atom stereocenters. The fourth-order valence-electron chi connectivity index (χ4n) is 2.16. The number of methoxy groups -OCH3 is 1. The summed E-state index contributed by atoms with van der Waals surface area (Å²) in [4.78, 5) is 11.3. The van der Waals surface area contributed by atoms with Gasteiger partial charge in [-0.15, -0.1) is 0 Å². The maximum absolute atomic E-state index is 11.3. The summed E-state index contributed by atoms with van der Waals surface area (Å²) < 4.78 is 12.4. The maximum atomic E-state index is 11.3. The van der Waals surface area contributed by atoms with Gasteiger partial charge in [0.1, 0.15) is 11.3 Å². The highest BCUT2D eigenvalue weighted by Gasteiger charge is 2.17. The molecule has 2 aromatic rings. The lowest BCUT2D eigenvalue weighted by atomic mass is 10.1. The number of fused-ring (bicyclic) bond motifs is 1. The van der Waals surface area contributed by atoms with E-state index in [9.17, 15) is 4.79 Å². The summed E-state index contributed by atoms with van der Waals surface area (Å²) in [5.74, 6) is 0.879. The van der Waals surface area contributed by atoms with E-state index in [0.717, 1.165) is 35.2 Å². The number of esters is 1. The van der Waals surface area contributed by atoms with Crippen molar-refractivity contribution in [3.05, 3.63) is 23.4 Å². The van der Waals surface area contributed by atoms with E-state index in [0.29, 0.717) is 5.88 Å². The number of carbonyl (C=O) groups is 1. The van der Waals surface area contributed by atoms with E-state index in [-0.39, 0.29) is 5.97 Å². The molecule has 0 spiro atoms. The molecule has 0 aromatic carbocycles. The first-order valence-electron chi connectivity index (χ1n) is 6.31. The number of pyridine rings is 1. The van der Waals surface area contributed by atoms with Crippen LogP contribution in [0, 0.1) is 6.92 Å². The summed E-state index contributed by atoms with van der Waals surface area (Å²) in [5.41, 5.74) is 2.73. The Labute approximate surface area is 112 Å². The fraction of sp³-hybridized carbons (Fsp3) is 0.429. The van der Waals surface area contributed by atoms with Gasteiger partial charge in [-0.2, -0.15) is 9.61 Å². The Morgan fingerprint density at radius 1 is 1.47 bits per heavy atom. The second-order valence-electron chi connectivity index (χ2n) is 4.47. The lowest BCUT2D eigenvalue weighted by Crippen LogP contribution is -2.10. The zero-order valence-electron chi connectivity index (χ0n) is 11.7. The molecule has 5 nitrogen and oxygen atoms in total. The lowest BCUT2D eigenvalue weighted by molar-refractivity contribution is -0.132. The van der Waals surface area contributed by atoms with Gasteiger partial charge in [0.2, 0.25) is 5.88 Å². The Morgan fingerprint density at radius 3 is 2.79 bits per heavy atom. The van der Waals surface area contributed by atoms with Crippen molar-refractivity contribution < 1.29 is 14.3 Å². The second kappa shape index (κ2) is 5.30. The number of ether oxygens (including phenoxy) is 2. The number of carbonyl (C=O) groups excluding carboxylic acids is 1. The standard InChI is InChI=1S/C14H18N2O3/c1-5-6-11-7-12(18-4)13-9(2)8-15-16(13)14(11)19-10(3)17/h7-8H,5-6H2,1-4H3. The van der Waals surface area contributed by atoms with Gasteiger partial charge < -0.3 is 9.47 Å². The lowest BCUT2D eigenvalue weighted by Gasteiger charge is -2.13. The van der Waals surface area contributed by atoms with Crippen molar-refractivity contribution >= 4 is 11.5 Å². The molecule has 2 rings (SSSR count). The van der Waals surface area contributed by atoms with Crippen LogP contribution in [0.3, 0.4) is 0 Å². The van der Waals surface area contributed by atoms with Crippen molar-refractivity contribution in [1.29, 1.82) is 0 Å². The van der Waals surface area contributed by atoms with Gasteiger partial charge in [-0.1, -0.05) is 13.3 Å². The van der Waals surface area contributed by atoms with Gasteiger partial charge in [0.05, 0.1) is 13.3 Å². The molecule has 0 amide bonds. The van der Waals surface area contributed by atoms with Gasteiger partial charge in [0, 0.05) is 12.5 Å². The summed E-state index contributed by atoms with van der Waals surface area (Å²) in [7, 11) is 1.63. The molecular formula is C14H18N2O3. The van der Waals surface area contributed by atoms with Crippen LogP contribution in [-0.2, 0) is 11.2 Å². The summed E-state index contributed by atoms with van der Waals surface area (Å²) >= 11 is 0. The molecule has 102 valence electrons. The van der Waals surface area contributed by atoms with E-state index >= 15 is 0 Å². The predicted molar refractivity (Wildman–Crippen MR) is 71.8 cm³/mol. The van der Waals surface area contributed by atoms with Crippen LogP contribution in [0.4, 0.5) is 0 Å². The molecule has 0 bridgehead atoms. The first kappa shape index (κ1) is 13.4. The van der Waals surface area contributed by atoms with E-state index in [4.69, 9.17) is 9.47 Å². The Bertz CT molecular complexity index is 617. The van der Waals surface area contributed by atoms with E-state index in [1.807, 2.05) is 13.0 Å². The van der Waals surface area contributed by atoms with E-state index in [1.54, 1.807) is 17.8 Å². The van der Waals surface area contributed by atoms with Gasteiger partial charge in [-0.25, -0.2) is 0 Å². The minimum absolute atomic E-state index is 0.350. The van der Waals surface area contributed by atoms with Crippen molar-refractivity contribution in [2.45, 2.75) is 33.6 Å². The topological polar surface area (TPSA) is 52.8 Å². The maximum Gasteiger partial charge on any atom is 0.309 e. The van der Waals surface area contributed by atoms with E-state index in [2.05, 4.69) is 12.0 Å². The number of hydrogen-bond donors (Lipinski definition) is 0. The Balaban J connectivity index is 2.73. The van der Waals surface area contributed by atoms with Crippen LogP contribution in [0.5, 0.6) is 11.6 Å². The van der Waals surface area contributed by atoms with Crippen LogP contribution in [0.25, 0.3) is 5.52 Å². The normalized spacial score (nSPS) is 10.7. The Morgan fingerprint density at radius 2 is 2.21 bits per heavy atom. The van der Waals surface area contributed by atoms with E-state index in [1.165, 1.54) is 6.92 Å². The average molecular weight is 262 g/mol. The Hall–Kier alpha value is -2.04. The zero-order chi connectivity index (χ0) is 14.0. The van der Waals surface area contributed by atoms with Gasteiger partial charge in [0.15, 0.2) is 0 Å². The van der Waals surface area contributed by atoms with Crippen LogP contribution in [-0.4, -0.2) is 22.7 Å². The number of aromatic nitrogens is 2. The van der Waals surface area contributed by atoms with Gasteiger partial charge >= 0.3 is 5.97 Å². The number of aryl methyl sites for hydroxylation is 2. The van der Waals surface area contributed by atoms with Crippen molar-refractivity contribution in [2.24, 2.45) is 0 Å². The number of nitrogens with zero attached hydrogens (tertiary/aromatic N) is 2. The minimum Gasteiger partial charge on any atom is -0.494 e. The molecule has 0 aliphatic carbocycles. The molecule has 0 atom stereocenters. The highest BCUT2D eigenvalue weighted by atomic mass is 16.5. The SMILES string of the molecule is CCCc1cc(OC)c2c(C)cnn2c1OC(C)=O. The predicted octanol–water partition coefficient (Wildman–Crippen LogP) is 2.53. The van der Waals surface area contributed by atoms with Crippen molar-refractivity contribution in [1.82, 2.24) is 9.61 Å². The monoisotopic (exact) mass is 262 g/mol. The first-order valence-corrected chi connectivity index (χ1v) is 6.31.